The maximum Gasteiger partial charge on any atom is 0.0795 e. The van der Waals surface area contributed by atoms with Gasteiger partial charge in [-0.1, -0.05) is 31.2 Å². The summed E-state index contributed by atoms with van der Waals surface area (Å²) in [6, 6.07) is 8.78. The molecule has 19 heavy (non-hydrogen) atoms. The van der Waals surface area contributed by atoms with Crippen LogP contribution in [0, 0.1) is 0 Å². The quantitative estimate of drug-likeness (QED) is 0.842. The Balaban J connectivity index is 1.90. The van der Waals surface area contributed by atoms with E-state index in [-0.39, 0.29) is 0 Å². The molecule has 102 valence electrons. The predicted molar refractivity (Wildman–Crippen MR) is 81.1 cm³/mol. The van der Waals surface area contributed by atoms with Crippen LogP contribution in [0.25, 0.3) is 0 Å². The molecule has 0 atom stereocenters. The van der Waals surface area contributed by atoms with Crippen molar-refractivity contribution >= 4 is 11.3 Å². The lowest BCUT2D eigenvalue weighted by Gasteiger charge is -2.16. The van der Waals surface area contributed by atoms with Gasteiger partial charge in [0.15, 0.2) is 0 Å². The second-order valence-corrected chi connectivity index (χ2v) is 5.47. The number of rotatable bonds is 7. The topological polar surface area (TPSA) is 28.2 Å². The molecule has 0 fully saturated rings. The third-order valence-electron chi connectivity index (χ3n) is 2.94. The van der Waals surface area contributed by atoms with E-state index in [1.54, 1.807) is 11.3 Å². The zero-order valence-corrected chi connectivity index (χ0v) is 12.4. The van der Waals surface area contributed by atoms with E-state index in [1.165, 1.54) is 11.1 Å². The average molecular weight is 275 g/mol. The van der Waals surface area contributed by atoms with Gasteiger partial charge in [0.05, 0.1) is 11.2 Å². The minimum Gasteiger partial charge on any atom is -0.313 e. The molecule has 1 heterocycles. The Labute approximate surface area is 119 Å². The van der Waals surface area contributed by atoms with Crippen molar-refractivity contribution in [1.29, 1.82) is 0 Å². The van der Waals surface area contributed by atoms with Crippen molar-refractivity contribution in [3.05, 3.63) is 52.0 Å². The fourth-order valence-corrected chi connectivity index (χ4v) is 2.62. The summed E-state index contributed by atoms with van der Waals surface area (Å²) in [5.41, 5.74) is 5.74. The molecule has 2 aromatic rings. The van der Waals surface area contributed by atoms with E-state index in [1.807, 2.05) is 5.51 Å². The number of aromatic nitrogens is 1. The molecule has 2 rings (SSSR count). The lowest BCUT2D eigenvalue weighted by Crippen LogP contribution is -2.18. The van der Waals surface area contributed by atoms with E-state index in [2.05, 4.69) is 58.8 Å². The van der Waals surface area contributed by atoms with Crippen LogP contribution in [0.5, 0.6) is 0 Å². The normalized spacial score (nSPS) is 11.1. The van der Waals surface area contributed by atoms with Gasteiger partial charge in [-0.25, -0.2) is 4.98 Å². The highest BCUT2D eigenvalue weighted by molar-refractivity contribution is 7.07. The minimum atomic E-state index is 0.904. The molecule has 0 saturated heterocycles. The molecular weight excluding hydrogens is 254 g/mol. The number of benzene rings is 1. The summed E-state index contributed by atoms with van der Waals surface area (Å²) in [6.07, 6.45) is 0. The van der Waals surface area contributed by atoms with Crippen molar-refractivity contribution < 1.29 is 0 Å². The Morgan fingerprint density at radius 3 is 2.84 bits per heavy atom. The molecule has 0 unspecified atom stereocenters. The summed E-state index contributed by atoms with van der Waals surface area (Å²) in [6.45, 7) is 5.94. The van der Waals surface area contributed by atoms with E-state index in [9.17, 15) is 0 Å². The third kappa shape index (κ3) is 4.74. The minimum absolute atomic E-state index is 0.904. The first kappa shape index (κ1) is 14.2. The van der Waals surface area contributed by atoms with Crippen LogP contribution in [-0.4, -0.2) is 23.5 Å². The van der Waals surface area contributed by atoms with E-state index in [4.69, 9.17) is 0 Å². The van der Waals surface area contributed by atoms with Gasteiger partial charge in [0.1, 0.15) is 0 Å². The zero-order valence-electron chi connectivity index (χ0n) is 11.6. The van der Waals surface area contributed by atoms with Crippen molar-refractivity contribution in [3.63, 3.8) is 0 Å². The third-order valence-corrected chi connectivity index (χ3v) is 3.57. The van der Waals surface area contributed by atoms with Gasteiger partial charge in [-0.3, -0.25) is 4.90 Å². The molecule has 0 aliphatic heterocycles. The van der Waals surface area contributed by atoms with Crippen molar-refractivity contribution in [2.75, 3.05) is 13.6 Å². The lowest BCUT2D eigenvalue weighted by atomic mass is 10.1. The molecule has 0 bridgehead atoms. The van der Waals surface area contributed by atoms with Gasteiger partial charge in [0.2, 0.25) is 0 Å². The average Bonchev–Trinajstić information content (AvgIpc) is 2.89. The summed E-state index contributed by atoms with van der Waals surface area (Å²) < 4.78 is 0. The summed E-state index contributed by atoms with van der Waals surface area (Å²) in [5.74, 6) is 0. The molecule has 0 saturated carbocycles. The Morgan fingerprint density at radius 1 is 1.26 bits per heavy atom. The summed E-state index contributed by atoms with van der Waals surface area (Å²) in [7, 11) is 2.14. The molecule has 0 aliphatic rings. The van der Waals surface area contributed by atoms with Gasteiger partial charge in [-0.2, -0.15) is 0 Å². The van der Waals surface area contributed by atoms with E-state index < -0.39 is 0 Å². The number of nitrogens with zero attached hydrogens (tertiary/aromatic N) is 2. The first-order valence-corrected chi connectivity index (χ1v) is 7.56. The summed E-state index contributed by atoms with van der Waals surface area (Å²) in [5, 5.41) is 5.47. The Bertz CT molecular complexity index is 482. The van der Waals surface area contributed by atoms with Crippen LogP contribution in [0.2, 0.25) is 0 Å². The van der Waals surface area contributed by atoms with E-state index >= 15 is 0 Å². The molecule has 0 amide bonds. The molecular formula is C15H21N3S. The molecule has 0 aliphatic carbocycles. The molecule has 3 nitrogen and oxygen atoms in total. The van der Waals surface area contributed by atoms with Crippen LogP contribution in [0.4, 0.5) is 0 Å². The van der Waals surface area contributed by atoms with Crippen LogP contribution >= 0.6 is 11.3 Å². The van der Waals surface area contributed by atoms with Gasteiger partial charge in [0, 0.05) is 25.0 Å². The predicted octanol–water partition coefficient (Wildman–Crippen LogP) is 2.88. The molecule has 0 radical (unpaired) electrons. The van der Waals surface area contributed by atoms with Crippen molar-refractivity contribution in [2.45, 2.75) is 26.6 Å². The highest BCUT2D eigenvalue weighted by Gasteiger charge is 2.04. The number of hydrogen-bond acceptors (Lipinski definition) is 4. The van der Waals surface area contributed by atoms with Gasteiger partial charge in [-0.05, 0) is 24.7 Å². The van der Waals surface area contributed by atoms with Crippen LogP contribution in [-0.2, 0) is 19.6 Å². The first-order valence-electron chi connectivity index (χ1n) is 6.62. The Kier molecular flexibility index (Phi) is 5.51. The zero-order chi connectivity index (χ0) is 13.5. The molecule has 1 aromatic carbocycles. The maximum absolute atomic E-state index is 4.32. The molecule has 4 heteroatoms. The van der Waals surface area contributed by atoms with Crippen molar-refractivity contribution in [1.82, 2.24) is 15.2 Å². The number of hydrogen-bond donors (Lipinski definition) is 1. The molecule has 1 aromatic heterocycles. The van der Waals surface area contributed by atoms with Crippen LogP contribution < -0.4 is 5.32 Å². The van der Waals surface area contributed by atoms with Crippen LogP contribution in [0.15, 0.2) is 35.2 Å². The second-order valence-electron chi connectivity index (χ2n) is 4.75. The Morgan fingerprint density at radius 2 is 2.11 bits per heavy atom. The highest BCUT2D eigenvalue weighted by Crippen LogP contribution is 2.10. The Hall–Kier alpha value is -1.23. The van der Waals surface area contributed by atoms with Gasteiger partial charge in [0.25, 0.3) is 0 Å². The smallest absolute Gasteiger partial charge is 0.0795 e. The van der Waals surface area contributed by atoms with Gasteiger partial charge < -0.3 is 5.32 Å². The molecule has 0 spiro atoms. The number of nitrogens with one attached hydrogen (secondary N) is 1. The largest absolute Gasteiger partial charge is 0.313 e. The second kappa shape index (κ2) is 7.38. The first-order chi connectivity index (χ1) is 9.28. The summed E-state index contributed by atoms with van der Waals surface area (Å²) >= 11 is 1.65. The lowest BCUT2D eigenvalue weighted by molar-refractivity contribution is 0.315. The van der Waals surface area contributed by atoms with Crippen molar-refractivity contribution in [3.8, 4) is 0 Å². The SMILES string of the molecule is CCNCc1cccc(CN(C)Cc2cscn2)c1. The standard InChI is InChI=1S/C15H21N3S/c1-3-16-8-13-5-4-6-14(7-13)9-18(2)10-15-11-19-12-17-15/h4-7,11-12,16H,3,8-10H2,1-2H3. The fraction of sp³-hybridized carbons (Fsp3) is 0.400. The van der Waals surface area contributed by atoms with Crippen molar-refractivity contribution in [2.24, 2.45) is 0 Å². The van der Waals surface area contributed by atoms with Gasteiger partial charge >= 0.3 is 0 Å². The van der Waals surface area contributed by atoms with E-state index in [0.717, 1.165) is 31.9 Å². The van der Waals surface area contributed by atoms with Crippen LogP contribution in [0.1, 0.15) is 23.7 Å². The van der Waals surface area contributed by atoms with Crippen LogP contribution in [0.3, 0.4) is 0 Å². The monoisotopic (exact) mass is 275 g/mol. The summed E-state index contributed by atoms with van der Waals surface area (Å²) in [4.78, 5) is 6.62. The molecule has 1 N–H and O–H groups in total. The maximum atomic E-state index is 4.32. The highest BCUT2D eigenvalue weighted by atomic mass is 32.1. The fourth-order valence-electron chi connectivity index (χ4n) is 2.07. The number of thiazole rings is 1. The van der Waals surface area contributed by atoms with E-state index in [0.29, 0.717) is 0 Å². The van der Waals surface area contributed by atoms with Gasteiger partial charge in [-0.15, -0.1) is 11.3 Å².